The maximum absolute atomic E-state index is 13.3. The number of amides is 1. The first-order valence-electron chi connectivity index (χ1n) is 5.03. The summed E-state index contributed by atoms with van der Waals surface area (Å²) in [6.07, 6.45) is 0.166. The number of halogens is 2. The fourth-order valence-electron chi connectivity index (χ4n) is 1.24. The van der Waals surface area contributed by atoms with Gasteiger partial charge in [0.05, 0.1) is 11.3 Å². The standard InChI is InChI=1S/C10H12ClFN2O3S/c11-7-2-3-8(9(12)6-7)10(15)14-4-1-5-18(13,16)17/h2-3,6H,1,4-5H2,(H,14,15)(H2,13,16,17). The molecular formula is C10H12ClFN2O3S. The summed E-state index contributed by atoms with van der Waals surface area (Å²) in [4.78, 5) is 11.5. The van der Waals surface area contributed by atoms with E-state index >= 15 is 0 Å². The molecule has 5 nitrogen and oxygen atoms in total. The van der Waals surface area contributed by atoms with Crippen LogP contribution in [0.2, 0.25) is 5.02 Å². The predicted octanol–water partition coefficient (Wildman–Crippen LogP) is 0.888. The number of benzene rings is 1. The van der Waals surface area contributed by atoms with Crippen LogP contribution in [0, 0.1) is 5.82 Å². The zero-order valence-corrected chi connectivity index (χ0v) is 10.9. The summed E-state index contributed by atoms with van der Waals surface area (Å²) in [6, 6.07) is 3.68. The lowest BCUT2D eigenvalue weighted by Gasteiger charge is -2.05. The third-order valence-electron chi connectivity index (χ3n) is 2.07. The molecule has 0 spiro atoms. The topological polar surface area (TPSA) is 89.3 Å². The first-order chi connectivity index (χ1) is 8.29. The Morgan fingerprint density at radius 2 is 2.11 bits per heavy atom. The molecule has 18 heavy (non-hydrogen) atoms. The van der Waals surface area contributed by atoms with Gasteiger partial charge in [-0.1, -0.05) is 11.6 Å². The molecule has 0 aliphatic heterocycles. The summed E-state index contributed by atoms with van der Waals surface area (Å²) in [6.45, 7) is 0.0946. The van der Waals surface area contributed by atoms with Crippen LogP contribution in [-0.4, -0.2) is 26.6 Å². The summed E-state index contributed by atoms with van der Waals surface area (Å²) in [5, 5.41) is 7.37. The largest absolute Gasteiger partial charge is 0.352 e. The van der Waals surface area contributed by atoms with E-state index in [1.165, 1.54) is 12.1 Å². The molecule has 0 heterocycles. The average molecular weight is 295 g/mol. The fraction of sp³-hybridized carbons (Fsp3) is 0.300. The molecular weight excluding hydrogens is 283 g/mol. The highest BCUT2D eigenvalue weighted by Gasteiger charge is 2.11. The normalized spacial score (nSPS) is 11.3. The number of carbonyl (C=O) groups excluding carboxylic acids is 1. The molecule has 0 bridgehead atoms. The number of rotatable bonds is 5. The van der Waals surface area contributed by atoms with Crippen molar-refractivity contribution in [2.75, 3.05) is 12.3 Å². The molecule has 0 unspecified atom stereocenters. The smallest absolute Gasteiger partial charge is 0.254 e. The van der Waals surface area contributed by atoms with Gasteiger partial charge in [0.1, 0.15) is 5.82 Å². The summed E-state index contributed by atoms with van der Waals surface area (Å²) >= 11 is 5.55. The summed E-state index contributed by atoms with van der Waals surface area (Å²) in [5.74, 6) is -1.60. The summed E-state index contributed by atoms with van der Waals surface area (Å²) in [5.41, 5.74) is -0.144. The van der Waals surface area contributed by atoms with Crippen molar-refractivity contribution in [3.8, 4) is 0 Å². The van der Waals surface area contributed by atoms with Gasteiger partial charge in [-0.25, -0.2) is 17.9 Å². The van der Waals surface area contributed by atoms with Gasteiger partial charge in [-0.3, -0.25) is 4.79 Å². The van der Waals surface area contributed by atoms with Gasteiger partial charge in [-0.15, -0.1) is 0 Å². The van der Waals surface area contributed by atoms with Crippen LogP contribution < -0.4 is 10.5 Å². The monoisotopic (exact) mass is 294 g/mol. The Morgan fingerprint density at radius 3 is 2.67 bits per heavy atom. The SMILES string of the molecule is NS(=O)(=O)CCCNC(=O)c1ccc(Cl)cc1F. The Morgan fingerprint density at radius 1 is 1.44 bits per heavy atom. The van der Waals surface area contributed by atoms with E-state index in [1.54, 1.807) is 0 Å². The minimum Gasteiger partial charge on any atom is -0.352 e. The van der Waals surface area contributed by atoms with E-state index in [1.807, 2.05) is 0 Å². The number of nitrogens with two attached hydrogens (primary N) is 1. The number of hydrogen-bond donors (Lipinski definition) is 2. The molecule has 100 valence electrons. The molecule has 3 N–H and O–H groups in total. The van der Waals surface area contributed by atoms with Gasteiger partial charge < -0.3 is 5.32 Å². The lowest BCUT2D eigenvalue weighted by Crippen LogP contribution is -2.27. The maximum atomic E-state index is 13.3. The van der Waals surface area contributed by atoms with E-state index in [-0.39, 0.29) is 29.3 Å². The van der Waals surface area contributed by atoms with Crippen LogP contribution in [0.1, 0.15) is 16.8 Å². The predicted molar refractivity (Wildman–Crippen MR) is 66.3 cm³/mol. The van der Waals surface area contributed by atoms with Crippen LogP contribution in [0.5, 0.6) is 0 Å². The minimum atomic E-state index is -3.54. The second kappa shape index (κ2) is 6.12. The number of carbonyl (C=O) groups is 1. The molecule has 0 aromatic heterocycles. The van der Waals surface area contributed by atoms with E-state index in [0.29, 0.717) is 0 Å². The lowest BCUT2D eigenvalue weighted by atomic mass is 10.2. The highest BCUT2D eigenvalue weighted by Crippen LogP contribution is 2.14. The van der Waals surface area contributed by atoms with Crippen LogP contribution in [0.25, 0.3) is 0 Å². The number of sulfonamides is 1. The van der Waals surface area contributed by atoms with Crippen molar-refractivity contribution in [2.45, 2.75) is 6.42 Å². The molecule has 0 saturated heterocycles. The van der Waals surface area contributed by atoms with Crippen LogP contribution in [0.4, 0.5) is 4.39 Å². The van der Waals surface area contributed by atoms with E-state index < -0.39 is 21.7 Å². The third kappa shape index (κ3) is 4.99. The van der Waals surface area contributed by atoms with Gasteiger partial charge in [-0.05, 0) is 24.6 Å². The van der Waals surface area contributed by atoms with Crippen molar-refractivity contribution < 1.29 is 17.6 Å². The van der Waals surface area contributed by atoms with Gasteiger partial charge >= 0.3 is 0 Å². The van der Waals surface area contributed by atoms with Gasteiger partial charge in [0.25, 0.3) is 5.91 Å². The van der Waals surface area contributed by atoms with Crippen LogP contribution in [-0.2, 0) is 10.0 Å². The second-order valence-corrected chi connectivity index (χ2v) is 5.77. The maximum Gasteiger partial charge on any atom is 0.254 e. The molecule has 1 amide bonds. The van der Waals surface area contributed by atoms with Gasteiger partial charge in [0, 0.05) is 11.6 Å². The molecule has 0 saturated carbocycles. The van der Waals surface area contributed by atoms with Crippen molar-refractivity contribution in [2.24, 2.45) is 5.14 Å². The Bertz CT molecular complexity index is 548. The van der Waals surface area contributed by atoms with E-state index in [0.717, 1.165) is 6.07 Å². The van der Waals surface area contributed by atoms with Gasteiger partial charge in [0.2, 0.25) is 10.0 Å². The van der Waals surface area contributed by atoms with E-state index in [4.69, 9.17) is 16.7 Å². The van der Waals surface area contributed by atoms with E-state index in [9.17, 15) is 17.6 Å². The first-order valence-corrected chi connectivity index (χ1v) is 7.12. The van der Waals surface area contributed by atoms with Crippen LogP contribution in [0.15, 0.2) is 18.2 Å². The summed E-state index contributed by atoms with van der Waals surface area (Å²) < 4.78 is 34.6. The van der Waals surface area contributed by atoms with Crippen molar-refractivity contribution in [3.05, 3.63) is 34.6 Å². The molecule has 0 fully saturated rings. The molecule has 1 rings (SSSR count). The molecule has 1 aromatic rings. The second-order valence-electron chi connectivity index (χ2n) is 3.60. The number of primary sulfonamides is 1. The van der Waals surface area contributed by atoms with Crippen LogP contribution >= 0.6 is 11.6 Å². The zero-order valence-electron chi connectivity index (χ0n) is 9.32. The fourth-order valence-corrected chi connectivity index (χ4v) is 1.95. The first kappa shape index (κ1) is 14.9. The zero-order chi connectivity index (χ0) is 13.8. The Balaban J connectivity index is 2.51. The quantitative estimate of drug-likeness (QED) is 0.790. The van der Waals surface area contributed by atoms with Crippen LogP contribution in [0.3, 0.4) is 0 Å². The molecule has 0 atom stereocenters. The summed E-state index contributed by atoms with van der Waals surface area (Å²) in [7, 11) is -3.54. The van der Waals surface area contributed by atoms with Gasteiger partial charge in [0.15, 0.2) is 0 Å². The molecule has 0 aliphatic carbocycles. The lowest BCUT2D eigenvalue weighted by molar-refractivity contribution is 0.0949. The minimum absolute atomic E-state index is 0.0946. The highest BCUT2D eigenvalue weighted by molar-refractivity contribution is 7.89. The van der Waals surface area contributed by atoms with Crippen molar-refractivity contribution in [3.63, 3.8) is 0 Å². The Labute approximate surface area is 109 Å². The molecule has 1 aromatic carbocycles. The van der Waals surface area contributed by atoms with Crippen molar-refractivity contribution in [1.29, 1.82) is 0 Å². The van der Waals surface area contributed by atoms with Gasteiger partial charge in [-0.2, -0.15) is 0 Å². The highest BCUT2D eigenvalue weighted by atomic mass is 35.5. The third-order valence-corrected chi connectivity index (χ3v) is 3.16. The van der Waals surface area contributed by atoms with E-state index in [2.05, 4.69) is 5.32 Å². The molecule has 0 radical (unpaired) electrons. The van der Waals surface area contributed by atoms with Crippen molar-refractivity contribution in [1.82, 2.24) is 5.32 Å². The molecule has 0 aliphatic rings. The number of nitrogens with one attached hydrogen (secondary N) is 1. The molecule has 8 heteroatoms. The Kier molecular flexibility index (Phi) is 5.06. The Hall–Kier alpha value is -1.18. The van der Waals surface area contributed by atoms with Crippen molar-refractivity contribution >= 4 is 27.5 Å². The number of hydrogen-bond acceptors (Lipinski definition) is 3. The average Bonchev–Trinajstić information content (AvgIpc) is 2.22.